The molecule has 0 radical (unpaired) electrons. The highest BCUT2D eigenvalue weighted by Crippen LogP contribution is 2.50. The molecular formula is C13H18O2. The van der Waals surface area contributed by atoms with Crippen LogP contribution in [0, 0.1) is 17.3 Å². The Morgan fingerprint density at radius 2 is 2.13 bits per heavy atom. The van der Waals surface area contributed by atoms with Gasteiger partial charge in [-0.15, -0.1) is 0 Å². The second-order valence-corrected chi connectivity index (χ2v) is 5.61. The summed E-state index contributed by atoms with van der Waals surface area (Å²) in [4.78, 5) is 11.3. The average Bonchev–Trinajstić information content (AvgIpc) is 2.39. The number of carboxylic acids is 1. The summed E-state index contributed by atoms with van der Waals surface area (Å²) in [5, 5.41) is 9.28. The van der Waals surface area contributed by atoms with Crippen LogP contribution in [-0.2, 0) is 4.79 Å². The highest BCUT2D eigenvalue weighted by atomic mass is 16.4. The van der Waals surface area contributed by atoms with E-state index in [-0.39, 0.29) is 5.41 Å². The van der Waals surface area contributed by atoms with Crippen LogP contribution < -0.4 is 0 Å². The molecule has 2 aliphatic carbocycles. The summed E-state index contributed by atoms with van der Waals surface area (Å²) in [6.45, 7) is 5.94. The van der Waals surface area contributed by atoms with Crippen LogP contribution in [0.15, 0.2) is 23.3 Å². The molecule has 2 aliphatic rings. The van der Waals surface area contributed by atoms with E-state index in [4.69, 9.17) is 0 Å². The molecule has 2 heteroatoms. The summed E-state index contributed by atoms with van der Waals surface area (Å²) < 4.78 is 0. The quantitative estimate of drug-likeness (QED) is 0.529. The van der Waals surface area contributed by atoms with Crippen LogP contribution in [0.3, 0.4) is 0 Å². The first kappa shape index (κ1) is 10.5. The van der Waals surface area contributed by atoms with Gasteiger partial charge in [-0.05, 0) is 24.2 Å². The third-order valence-corrected chi connectivity index (χ3v) is 3.46. The molecule has 0 aromatic rings. The molecule has 2 atom stereocenters. The minimum absolute atomic E-state index is 0.247. The molecule has 0 amide bonds. The maximum absolute atomic E-state index is 11.3. The fourth-order valence-electron chi connectivity index (χ4n) is 2.78. The molecule has 0 unspecified atom stereocenters. The van der Waals surface area contributed by atoms with Crippen LogP contribution in [0.2, 0.25) is 0 Å². The van der Waals surface area contributed by atoms with E-state index in [0.717, 1.165) is 18.4 Å². The zero-order chi connectivity index (χ0) is 11.2. The lowest BCUT2D eigenvalue weighted by atomic mass is 9.65. The fourth-order valence-corrected chi connectivity index (χ4v) is 2.78. The number of carboxylic acid groups (broad SMARTS) is 1. The minimum Gasteiger partial charge on any atom is -0.478 e. The molecule has 1 saturated carbocycles. The maximum atomic E-state index is 11.3. The Hall–Kier alpha value is -1.05. The zero-order valence-corrected chi connectivity index (χ0v) is 9.58. The van der Waals surface area contributed by atoms with E-state index in [1.165, 1.54) is 0 Å². The predicted molar refractivity (Wildman–Crippen MR) is 59.5 cm³/mol. The smallest absolute Gasteiger partial charge is 0.332 e. The van der Waals surface area contributed by atoms with Gasteiger partial charge in [0.2, 0.25) is 0 Å². The van der Waals surface area contributed by atoms with Gasteiger partial charge in [-0.25, -0.2) is 4.79 Å². The lowest BCUT2D eigenvalue weighted by molar-refractivity contribution is -0.133. The predicted octanol–water partition coefficient (Wildman–Crippen LogP) is 3.01. The summed E-state index contributed by atoms with van der Waals surface area (Å²) >= 11 is 0. The zero-order valence-electron chi connectivity index (χ0n) is 9.58. The van der Waals surface area contributed by atoms with Crippen molar-refractivity contribution < 1.29 is 9.90 Å². The fraction of sp³-hybridized carbons (Fsp3) is 0.615. The molecule has 2 nitrogen and oxygen atoms in total. The summed E-state index contributed by atoms with van der Waals surface area (Å²) in [6.07, 6.45) is 6.48. The van der Waals surface area contributed by atoms with Crippen molar-refractivity contribution in [2.75, 3.05) is 0 Å². The number of rotatable bonds is 1. The van der Waals surface area contributed by atoms with Gasteiger partial charge >= 0.3 is 5.97 Å². The van der Waals surface area contributed by atoms with Crippen molar-refractivity contribution in [3.8, 4) is 0 Å². The monoisotopic (exact) mass is 206 g/mol. The van der Waals surface area contributed by atoms with E-state index < -0.39 is 5.97 Å². The van der Waals surface area contributed by atoms with E-state index in [1.54, 1.807) is 0 Å². The number of fused-ring (bicyclic) bond motifs is 1. The van der Waals surface area contributed by atoms with Crippen molar-refractivity contribution in [3.05, 3.63) is 23.3 Å². The molecule has 0 bridgehead atoms. The maximum Gasteiger partial charge on any atom is 0.332 e. The molecule has 1 N–H and O–H groups in total. The molecule has 0 saturated heterocycles. The highest BCUT2D eigenvalue weighted by Gasteiger charge is 2.41. The van der Waals surface area contributed by atoms with Crippen molar-refractivity contribution in [2.24, 2.45) is 17.3 Å². The van der Waals surface area contributed by atoms with E-state index in [1.807, 2.05) is 20.8 Å². The largest absolute Gasteiger partial charge is 0.478 e. The third-order valence-electron chi connectivity index (χ3n) is 3.46. The molecule has 0 spiro atoms. The van der Waals surface area contributed by atoms with Crippen molar-refractivity contribution >= 4 is 5.97 Å². The van der Waals surface area contributed by atoms with E-state index >= 15 is 0 Å². The van der Waals surface area contributed by atoms with Crippen LogP contribution >= 0.6 is 0 Å². The summed E-state index contributed by atoms with van der Waals surface area (Å²) in [7, 11) is 0. The standard InChI is InChI=1S/C13H18O2/c1-13(2,3)11(12(14)15)10-7-8-5-4-6-9(8)10/h4,6,8-9H,5,7H2,1-3H3,(H,14,15)/t8-,9+/m1/s1. The van der Waals surface area contributed by atoms with Gasteiger partial charge < -0.3 is 5.11 Å². The van der Waals surface area contributed by atoms with Gasteiger partial charge in [0.25, 0.3) is 0 Å². The van der Waals surface area contributed by atoms with Gasteiger partial charge in [0.15, 0.2) is 0 Å². The average molecular weight is 206 g/mol. The second-order valence-electron chi connectivity index (χ2n) is 5.61. The number of carbonyl (C=O) groups is 1. The van der Waals surface area contributed by atoms with Gasteiger partial charge in [0, 0.05) is 11.5 Å². The van der Waals surface area contributed by atoms with Crippen molar-refractivity contribution in [1.82, 2.24) is 0 Å². The Morgan fingerprint density at radius 1 is 1.47 bits per heavy atom. The first-order valence-electron chi connectivity index (χ1n) is 5.54. The normalized spacial score (nSPS) is 32.2. The van der Waals surface area contributed by atoms with E-state index in [0.29, 0.717) is 17.4 Å². The van der Waals surface area contributed by atoms with E-state index in [2.05, 4.69) is 12.2 Å². The van der Waals surface area contributed by atoms with E-state index in [9.17, 15) is 9.90 Å². The summed E-state index contributed by atoms with van der Waals surface area (Å²) in [5.41, 5.74) is 1.55. The number of allylic oxidation sites excluding steroid dienone is 3. The van der Waals surface area contributed by atoms with Gasteiger partial charge in [0.05, 0.1) is 0 Å². The van der Waals surface area contributed by atoms with Gasteiger partial charge in [-0.3, -0.25) is 0 Å². The van der Waals surface area contributed by atoms with Crippen LogP contribution in [0.1, 0.15) is 33.6 Å². The van der Waals surface area contributed by atoms with Gasteiger partial charge in [-0.1, -0.05) is 38.5 Å². The van der Waals surface area contributed by atoms with Crippen LogP contribution in [-0.4, -0.2) is 11.1 Å². The minimum atomic E-state index is -0.740. The number of hydrogen-bond acceptors (Lipinski definition) is 1. The summed E-state index contributed by atoms with van der Waals surface area (Å²) in [5.74, 6) is 0.378. The van der Waals surface area contributed by atoms with Crippen molar-refractivity contribution in [1.29, 1.82) is 0 Å². The van der Waals surface area contributed by atoms with Gasteiger partial charge in [-0.2, -0.15) is 0 Å². The molecular weight excluding hydrogens is 188 g/mol. The lowest BCUT2D eigenvalue weighted by Gasteiger charge is -2.38. The molecule has 2 rings (SSSR count). The number of aliphatic carboxylic acids is 1. The lowest BCUT2D eigenvalue weighted by Crippen LogP contribution is -2.31. The van der Waals surface area contributed by atoms with Crippen LogP contribution in [0.25, 0.3) is 0 Å². The SMILES string of the molecule is CC(C)(C)C(C(=O)O)=C1C[C@H]2CC=C[C@H]12. The number of hydrogen-bond donors (Lipinski definition) is 1. The Kier molecular flexibility index (Phi) is 2.25. The highest BCUT2D eigenvalue weighted by molar-refractivity contribution is 5.89. The Balaban J connectivity index is 2.36. The van der Waals surface area contributed by atoms with Crippen molar-refractivity contribution in [2.45, 2.75) is 33.6 Å². The van der Waals surface area contributed by atoms with Crippen LogP contribution in [0.5, 0.6) is 0 Å². The Bertz CT molecular complexity index is 355. The molecule has 0 heterocycles. The molecule has 82 valence electrons. The first-order valence-corrected chi connectivity index (χ1v) is 5.54. The second kappa shape index (κ2) is 3.22. The van der Waals surface area contributed by atoms with Crippen LogP contribution in [0.4, 0.5) is 0 Å². The molecule has 0 aromatic heterocycles. The molecule has 15 heavy (non-hydrogen) atoms. The summed E-state index contributed by atoms with van der Waals surface area (Å²) in [6, 6.07) is 0. The molecule has 0 aliphatic heterocycles. The van der Waals surface area contributed by atoms with Crippen molar-refractivity contribution in [3.63, 3.8) is 0 Å². The first-order chi connectivity index (χ1) is 6.91. The molecule has 1 fully saturated rings. The Morgan fingerprint density at radius 3 is 2.60 bits per heavy atom. The topological polar surface area (TPSA) is 37.3 Å². The molecule has 0 aromatic carbocycles. The Labute approximate surface area is 90.7 Å². The van der Waals surface area contributed by atoms with Gasteiger partial charge in [0.1, 0.15) is 0 Å². The third kappa shape index (κ3) is 1.62.